The van der Waals surface area contributed by atoms with Crippen molar-refractivity contribution >= 4 is 0 Å². The Labute approximate surface area is 120 Å². The minimum absolute atomic E-state index is 0.731. The van der Waals surface area contributed by atoms with Gasteiger partial charge >= 0.3 is 0 Å². The van der Waals surface area contributed by atoms with Crippen LogP contribution < -0.4 is 9.47 Å². The molecule has 0 saturated carbocycles. The molecule has 0 spiro atoms. The van der Waals surface area contributed by atoms with Crippen LogP contribution >= 0.6 is 0 Å². The van der Waals surface area contributed by atoms with Gasteiger partial charge in [-0.15, -0.1) is 6.58 Å². The zero-order valence-corrected chi connectivity index (χ0v) is 12.3. The van der Waals surface area contributed by atoms with Crippen molar-refractivity contribution in [2.75, 3.05) is 7.11 Å². The maximum absolute atomic E-state index is 5.99. The first-order chi connectivity index (χ1) is 9.63. The van der Waals surface area contributed by atoms with Gasteiger partial charge in [-0.2, -0.15) is 0 Å². The number of benzene rings is 2. The molecule has 0 N–H and O–H groups in total. The van der Waals surface area contributed by atoms with Crippen molar-refractivity contribution in [2.45, 2.75) is 20.3 Å². The molecule has 0 aliphatic heterocycles. The predicted octanol–water partition coefficient (Wildman–Crippen LogP) is 4.83. The van der Waals surface area contributed by atoms with Gasteiger partial charge in [0.2, 0.25) is 0 Å². The lowest BCUT2D eigenvalue weighted by Crippen LogP contribution is -1.94. The largest absolute Gasteiger partial charge is 0.493 e. The molecule has 2 rings (SSSR count). The van der Waals surface area contributed by atoms with Crippen molar-refractivity contribution in [1.29, 1.82) is 0 Å². The molecule has 0 amide bonds. The molecular formula is C18H20O2. The molecule has 20 heavy (non-hydrogen) atoms. The second-order valence-electron chi connectivity index (χ2n) is 4.85. The molecule has 104 valence electrons. The van der Waals surface area contributed by atoms with E-state index in [-0.39, 0.29) is 0 Å². The van der Waals surface area contributed by atoms with E-state index < -0.39 is 0 Å². The molecule has 0 saturated heterocycles. The monoisotopic (exact) mass is 268 g/mol. The first kappa shape index (κ1) is 14.2. The van der Waals surface area contributed by atoms with E-state index in [9.17, 15) is 0 Å². The summed E-state index contributed by atoms with van der Waals surface area (Å²) in [5, 5.41) is 0. The minimum Gasteiger partial charge on any atom is -0.493 e. The van der Waals surface area contributed by atoms with E-state index in [1.807, 2.05) is 37.3 Å². The Morgan fingerprint density at radius 1 is 1.00 bits per heavy atom. The van der Waals surface area contributed by atoms with E-state index in [2.05, 4.69) is 25.6 Å². The number of hydrogen-bond donors (Lipinski definition) is 0. The second kappa shape index (κ2) is 6.29. The van der Waals surface area contributed by atoms with Gasteiger partial charge in [-0.25, -0.2) is 0 Å². The molecule has 2 aromatic rings. The van der Waals surface area contributed by atoms with Crippen LogP contribution in [0.5, 0.6) is 17.2 Å². The van der Waals surface area contributed by atoms with Gasteiger partial charge in [0, 0.05) is 0 Å². The lowest BCUT2D eigenvalue weighted by Gasteiger charge is -2.13. The number of ether oxygens (including phenoxy) is 2. The van der Waals surface area contributed by atoms with Crippen molar-refractivity contribution in [3.8, 4) is 17.2 Å². The van der Waals surface area contributed by atoms with Gasteiger partial charge in [0.25, 0.3) is 0 Å². The SMILES string of the molecule is C=CCc1ccc(Oc2cc(C)ccc2C)c(OC)c1. The molecule has 0 heterocycles. The summed E-state index contributed by atoms with van der Waals surface area (Å²) >= 11 is 0. The first-order valence-corrected chi connectivity index (χ1v) is 6.67. The summed E-state index contributed by atoms with van der Waals surface area (Å²) in [5.74, 6) is 2.33. The van der Waals surface area contributed by atoms with Crippen molar-refractivity contribution in [2.24, 2.45) is 0 Å². The summed E-state index contributed by atoms with van der Waals surface area (Å²) in [6.07, 6.45) is 2.69. The fourth-order valence-electron chi connectivity index (χ4n) is 2.03. The molecule has 0 unspecified atom stereocenters. The van der Waals surface area contributed by atoms with Crippen molar-refractivity contribution in [3.63, 3.8) is 0 Å². The molecule has 2 heteroatoms. The Hall–Kier alpha value is -2.22. The summed E-state index contributed by atoms with van der Waals surface area (Å²) in [7, 11) is 1.66. The molecule has 0 bridgehead atoms. The molecule has 0 aliphatic rings. The van der Waals surface area contributed by atoms with Crippen LogP contribution in [0.1, 0.15) is 16.7 Å². The molecular weight excluding hydrogens is 248 g/mol. The van der Waals surface area contributed by atoms with E-state index >= 15 is 0 Å². The topological polar surface area (TPSA) is 18.5 Å². The van der Waals surface area contributed by atoms with Gasteiger partial charge < -0.3 is 9.47 Å². The molecule has 0 aromatic heterocycles. The van der Waals surface area contributed by atoms with Crippen molar-refractivity contribution < 1.29 is 9.47 Å². The lowest BCUT2D eigenvalue weighted by molar-refractivity contribution is 0.377. The highest BCUT2D eigenvalue weighted by molar-refractivity contribution is 5.47. The predicted molar refractivity (Wildman–Crippen MR) is 82.9 cm³/mol. The molecule has 0 fully saturated rings. The van der Waals surface area contributed by atoms with Crippen molar-refractivity contribution in [1.82, 2.24) is 0 Å². The van der Waals surface area contributed by atoms with Crippen LogP contribution in [0, 0.1) is 13.8 Å². The second-order valence-corrected chi connectivity index (χ2v) is 4.85. The van der Waals surface area contributed by atoms with E-state index in [1.165, 1.54) is 5.56 Å². The van der Waals surface area contributed by atoms with Crippen LogP contribution in [-0.4, -0.2) is 7.11 Å². The number of aryl methyl sites for hydroxylation is 2. The highest BCUT2D eigenvalue weighted by Gasteiger charge is 2.08. The maximum atomic E-state index is 5.99. The van der Waals surface area contributed by atoms with Gasteiger partial charge in [0.1, 0.15) is 5.75 Å². The zero-order chi connectivity index (χ0) is 14.5. The molecule has 0 radical (unpaired) electrons. The van der Waals surface area contributed by atoms with Gasteiger partial charge in [-0.3, -0.25) is 0 Å². The van der Waals surface area contributed by atoms with Gasteiger partial charge in [0.05, 0.1) is 7.11 Å². The third kappa shape index (κ3) is 3.21. The van der Waals surface area contributed by atoms with E-state index in [1.54, 1.807) is 7.11 Å². The average molecular weight is 268 g/mol. The van der Waals surface area contributed by atoms with Crippen LogP contribution in [-0.2, 0) is 6.42 Å². The van der Waals surface area contributed by atoms with Gasteiger partial charge in [-0.1, -0.05) is 24.3 Å². The standard InChI is InChI=1S/C18H20O2/c1-5-6-15-9-10-16(18(12-15)19-4)20-17-11-13(2)7-8-14(17)3/h5,7-12H,1,6H2,2-4H3. The smallest absolute Gasteiger partial charge is 0.169 e. The quantitative estimate of drug-likeness (QED) is 0.723. The van der Waals surface area contributed by atoms with Crippen LogP contribution in [0.25, 0.3) is 0 Å². The Kier molecular flexibility index (Phi) is 4.46. The minimum atomic E-state index is 0.731. The number of allylic oxidation sites excluding steroid dienone is 1. The number of methoxy groups -OCH3 is 1. The first-order valence-electron chi connectivity index (χ1n) is 6.67. The summed E-state index contributed by atoms with van der Waals surface area (Å²) in [6, 6.07) is 12.1. The van der Waals surface area contributed by atoms with Crippen LogP contribution in [0.2, 0.25) is 0 Å². The summed E-state index contributed by atoms with van der Waals surface area (Å²) in [6.45, 7) is 7.84. The lowest BCUT2D eigenvalue weighted by atomic mass is 10.1. The molecule has 2 aromatic carbocycles. The van der Waals surface area contributed by atoms with Crippen LogP contribution in [0.3, 0.4) is 0 Å². The van der Waals surface area contributed by atoms with Gasteiger partial charge in [0.15, 0.2) is 11.5 Å². The third-order valence-corrected chi connectivity index (χ3v) is 3.17. The highest BCUT2D eigenvalue weighted by Crippen LogP contribution is 2.34. The molecule has 2 nitrogen and oxygen atoms in total. The fraction of sp³-hybridized carbons (Fsp3) is 0.222. The van der Waals surface area contributed by atoms with E-state index in [0.29, 0.717) is 0 Å². The number of hydrogen-bond acceptors (Lipinski definition) is 2. The summed E-state index contributed by atoms with van der Waals surface area (Å²) < 4.78 is 11.4. The average Bonchev–Trinajstić information content (AvgIpc) is 2.44. The fourth-order valence-corrected chi connectivity index (χ4v) is 2.03. The third-order valence-electron chi connectivity index (χ3n) is 3.17. The zero-order valence-electron chi connectivity index (χ0n) is 12.3. The highest BCUT2D eigenvalue weighted by atomic mass is 16.5. The molecule has 0 aliphatic carbocycles. The van der Waals surface area contributed by atoms with E-state index in [0.717, 1.165) is 34.8 Å². The normalized spacial score (nSPS) is 10.2. The van der Waals surface area contributed by atoms with E-state index in [4.69, 9.17) is 9.47 Å². The summed E-state index contributed by atoms with van der Waals surface area (Å²) in [4.78, 5) is 0. The summed E-state index contributed by atoms with van der Waals surface area (Å²) in [5.41, 5.74) is 3.44. The Balaban J connectivity index is 2.33. The maximum Gasteiger partial charge on any atom is 0.169 e. The Morgan fingerprint density at radius 3 is 2.50 bits per heavy atom. The van der Waals surface area contributed by atoms with Crippen LogP contribution in [0.15, 0.2) is 49.1 Å². The van der Waals surface area contributed by atoms with Crippen molar-refractivity contribution in [3.05, 3.63) is 65.7 Å². The Morgan fingerprint density at radius 2 is 1.80 bits per heavy atom. The van der Waals surface area contributed by atoms with Crippen LogP contribution in [0.4, 0.5) is 0 Å². The molecule has 0 atom stereocenters. The number of rotatable bonds is 5. The Bertz CT molecular complexity index is 615. The van der Waals surface area contributed by atoms with Gasteiger partial charge in [-0.05, 0) is 55.2 Å².